The standard InChI is InChI=1S/C12H10BrFN2O3/c1-5(2)10-11(18)16(12(19)15-10)8-4-9(17)6(13)3-7(8)14/h3-4,17H,1-2H3,(H,15,19). The molecule has 1 fully saturated rings. The number of benzene rings is 1. The highest BCUT2D eigenvalue weighted by Crippen LogP contribution is 2.33. The second-order valence-electron chi connectivity index (χ2n) is 4.20. The number of carbonyl (C=O) groups is 2. The molecule has 0 saturated carbocycles. The number of urea groups is 1. The van der Waals surface area contributed by atoms with E-state index in [0.717, 1.165) is 12.1 Å². The molecule has 0 atom stereocenters. The Balaban J connectivity index is 2.55. The highest BCUT2D eigenvalue weighted by Gasteiger charge is 2.37. The summed E-state index contributed by atoms with van der Waals surface area (Å²) in [5.41, 5.74) is 0.439. The van der Waals surface area contributed by atoms with Crippen molar-refractivity contribution in [3.63, 3.8) is 0 Å². The zero-order valence-electron chi connectivity index (χ0n) is 10.1. The number of aromatic hydroxyl groups is 1. The van der Waals surface area contributed by atoms with E-state index < -0.39 is 17.8 Å². The quantitative estimate of drug-likeness (QED) is 0.615. The maximum absolute atomic E-state index is 13.8. The third-order valence-corrected chi connectivity index (χ3v) is 3.24. The van der Waals surface area contributed by atoms with Gasteiger partial charge in [0.05, 0.1) is 10.2 Å². The van der Waals surface area contributed by atoms with Crippen LogP contribution in [0.2, 0.25) is 0 Å². The van der Waals surface area contributed by atoms with Crippen LogP contribution < -0.4 is 10.2 Å². The summed E-state index contributed by atoms with van der Waals surface area (Å²) < 4.78 is 14.0. The van der Waals surface area contributed by atoms with Gasteiger partial charge in [0.15, 0.2) is 0 Å². The van der Waals surface area contributed by atoms with Gasteiger partial charge in [-0.3, -0.25) is 4.79 Å². The lowest BCUT2D eigenvalue weighted by Gasteiger charge is -2.13. The first-order valence-electron chi connectivity index (χ1n) is 5.34. The molecular formula is C12H10BrFN2O3. The number of nitrogens with one attached hydrogen (secondary N) is 1. The number of carbonyl (C=O) groups excluding carboxylic acids is 2. The van der Waals surface area contributed by atoms with E-state index in [-0.39, 0.29) is 21.6 Å². The van der Waals surface area contributed by atoms with Crippen molar-refractivity contribution in [3.8, 4) is 5.75 Å². The van der Waals surface area contributed by atoms with Crippen LogP contribution in [0.1, 0.15) is 13.8 Å². The lowest BCUT2D eigenvalue weighted by Crippen LogP contribution is -2.31. The Morgan fingerprint density at radius 1 is 1.37 bits per heavy atom. The SMILES string of the molecule is CC(C)=C1NC(=O)N(c2cc(O)c(Br)cc2F)C1=O. The number of rotatable bonds is 1. The molecule has 1 aliphatic heterocycles. The normalized spacial score (nSPS) is 14.9. The maximum atomic E-state index is 13.8. The first-order chi connectivity index (χ1) is 8.82. The van der Waals surface area contributed by atoms with Crippen molar-refractivity contribution in [2.24, 2.45) is 0 Å². The molecule has 2 N–H and O–H groups in total. The van der Waals surface area contributed by atoms with E-state index in [0.29, 0.717) is 10.5 Å². The molecule has 0 unspecified atom stereocenters. The molecular weight excluding hydrogens is 319 g/mol. The molecule has 1 saturated heterocycles. The van der Waals surface area contributed by atoms with Gasteiger partial charge in [-0.15, -0.1) is 0 Å². The van der Waals surface area contributed by atoms with Gasteiger partial charge in [-0.05, 0) is 41.4 Å². The molecule has 1 aromatic rings. The Kier molecular flexibility index (Phi) is 3.32. The number of allylic oxidation sites excluding steroid dienone is 1. The lowest BCUT2D eigenvalue weighted by atomic mass is 10.2. The zero-order chi connectivity index (χ0) is 14.3. The molecule has 1 aromatic carbocycles. The summed E-state index contributed by atoms with van der Waals surface area (Å²) in [6.07, 6.45) is 0. The van der Waals surface area contributed by atoms with Gasteiger partial charge in [0.2, 0.25) is 0 Å². The minimum atomic E-state index is -0.789. The van der Waals surface area contributed by atoms with Crippen LogP contribution in [0.15, 0.2) is 27.9 Å². The fraction of sp³-hybridized carbons (Fsp3) is 0.167. The fourth-order valence-corrected chi connectivity index (χ4v) is 1.99. The van der Waals surface area contributed by atoms with Gasteiger partial charge < -0.3 is 10.4 Å². The van der Waals surface area contributed by atoms with Gasteiger partial charge >= 0.3 is 6.03 Å². The van der Waals surface area contributed by atoms with Crippen LogP contribution in [0.4, 0.5) is 14.9 Å². The highest BCUT2D eigenvalue weighted by atomic mass is 79.9. The summed E-state index contributed by atoms with van der Waals surface area (Å²) in [5.74, 6) is -1.70. The van der Waals surface area contributed by atoms with Crippen LogP contribution in [-0.2, 0) is 4.79 Å². The van der Waals surface area contributed by atoms with Gasteiger partial charge in [-0.2, -0.15) is 0 Å². The van der Waals surface area contributed by atoms with Gasteiger partial charge in [-0.1, -0.05) is 0 Å². The summed E-state index contributed by atoms with van der Waals surface area (Å²) in [6, 6.07) is 1.26. The van der Waals surface area contributed by atoms with E-state index in [9.17, 15) is 19.1 Å². The third kappa shape index (κ3) is 2.21. The molecule has 0 spiro atoms. The average Bonchev–Trinajstić information content (AvgIpc) is 2.60. The van der Waals surface area contributed by atoms with E-state index in [2.05, 4.69) is 21.2 Å². The van der Waals surface area contributed by atoms with Crippen molar-refractivity contribution in [1.82, 2.24) is 5.32 Å². The molecule has 1 heterocycles. The Bertz CT molecular complexity index is 624. The van der Waals surface area contributed by atoms with Crippen LogP contribution in [0.25, 0.3) is 0 Å². The number of amides is 3. The van der Waals surface area contributed by atoms with Crippen LogP contribution in [-0.4, -0.2) is 17.0 Å². The summed E-state index contributed by atoms with van der Waals surface area (Å²) in [7, 11) is 0. The van der Waals surface area contributed by atoms with Gasteiger partial charge in [0, 0.05) is 6.07 Å². The average molecular weight is 329 g/mol. The minimum Gasteiger partial charge on any atom is -0.507 e. The molecule has 19 heavy (non-hydrogen) atoms. The Morgan fingerprint density at radius 3 is 2.53 bits per heavy atom. The second-order valence-corrected chi connectivity index (χ2v) is 5.06. The molecule has 1 aliphatic rings. The van der Waals surface area contributed by atoms with Crippen molar-refractivity contribution >= 4 is 33.6 Å². The predicted octanol–water partition coefficient (Wildman–Crippen LogP) is 2.64. The second kappa shape index (κ2) is 4.65. The number of nitrogens with zero attached hydrogens (tertiary/aromatic N) is 1. The number of phenols is 1. The predicted molar refractivity (Wildman–Crippen MR) is 70.2 cm³/mol. The first-order valence-corrected chi connectivity index (χ1v) is 6.13. The van der Waals surface area contributed by atoms with Crippen molar-refractivity contribution < 1.29 is 19.1 Å². The molecule has 0 aliphatic carbocycles. The molecule has 100 valence electrons. The summed E-state index contributed by atoms with van der Waals surface area (Å²) >= 11 is 2.95. The van der Waals surface area contributed by atoms with Crippen LogP contribution >= 0.6 is 15.9 Å². The number of imide groups is 1. The van der Waals surface area contributed by atoms with Gasteiger partial charge in [0.25, 0.3) is 5.91 Å². The molecule has 2 rings (SSSR count). The third-order valence-electron chi connectivity index (χ3n) is 2.61. The van der Waals surface area contributed by atoms with Crippen molar-refractivity contribution in [3.05, 3.63) is 33.7 Å². The molecule has 3 amide bonds. The van der Waals surface area contributed by atoms with Crippen molar-refractivity contribution in [2.45, 2.75) is 13.8 Å². The van der Waals surface area contributed by atoms with E-state index in [1.807, 2.05) is 0 Å². The lowest BCUT2D eigenvalue weighted by molar-refractivity contribution is -0.114. The molecule has 7 heteroatoms. The Morgan fingerprint density at radius 2 is 2.00 bits per heavy atom. The largest absolute Gasteiger partial charge is 0.507 e. The van der Waals surface area contributed by atoms with Crippen LogP contribution in [0.5, 0.6) is 5.75 Å². The molecule has 0 bridgehead atoms. The smallest absolute Gasteiger partial charge is 0.333 e. The number of halogens is 2. The van der Waals surface area contributed by atoms with Crippen LogP contribution in [0.3, 0.4) is 0 Å². The monoisotopic (exact) mass is 328 g/mol. The minimum absolute atomic E-state index is 0.117. The van der Waals surface area contributed by atoms with Crippen LogP contribution in [0, 0.1) is 5.82 Å². The van der Waals surface area contributed by atoms with Crippen molar-refractivity contribution in [1.29, 1.82) is 0 Å². The number of anilines is 1. The maximum Gasteiger partial charge on any atom is 0.333 e. The topological polar surface area (TPSA) is 69.6 Å². The molecule has 5 nitrogen and oxygen atoms in total. The Hall–Kier alpha value is -1.89. The molecule has 0 radical (unpaired) electrons. The van der Waals surface area contributed by atoms with E-state index in [1.165, 1.54) is 0 Å². The van der Waals surface area contributed by atoms with Crippen molar-refractivity contribution in [2.75, 3.05) is 4.90 Å². The van der Waals surface area contributed by atoms with Gasteiger partial charge in [0.1, 0.15) is 17.3 Å². The van der Waals surface area contributed by atoms with E-state index >= 15 is 0 Å². The Labute approximate surface area is 116 Å². The van der Waals surface area contributed by atoms with Gasteiger partial charge in [-0.25, -0.2) is 14.1 Å². The fourth-order valence-electron chi connectivity index (χ4n) is 1.68. The molecule has 0 aromatic heterocycles. The summed E-state index contributed by atoms with van der Waals surface area (Å²) in [6.45, 7) is 3.32. The highest BCUT2D eigenvalue weighted by molar-refractivity contribution is 9.10. The number of hydrogen-bond acceptors (Lipinski definition) is 3. The van der Waals surface area contributed by atoms with E-state index in [1.54, 1.807) is 13.8 Å². The summed E-state index contributed by atoms with van der Waals surface area (Å²) in [4.78, 5) is 24.4. The number of hydrogen-bond donors (Lipinski definition) is 2. The first kappa shape index (κ1) is 13.5. The number of phenolic OH excluding ortho intramolecular Hbond substituents is 1. The zero-order valence-corrected chi connectivity index (χ0v) is 11.7. The van der Waals surface area contributed by atoms with E-state index in [4.69, 9.17) is 0 Å². The summed E-state index contributed by atoms with van der Waals surface area (Å²) in [5, 5.41) is 11.9.